The Balaban J connectivity index is 2.04. The van der Waals surface area contributed by atoms with Gasteiger partial charge < -0.3 is 4.74 Å². The SMILES string of the molecule is COc1ccc(C)cc1CCNS(=O)(=O)c1ccc(Cl)nc1. The van der Waals surface area contributed by atoms with Crippen LogP contribution in [-0.4, -0.2) is 27.1 Å². The number of rotatable bonds is 6. The predicted octanol–water partition coefficient (Wildman–Crippen LogP) is 2.57. The van der Waals surface area contributed by atoms with Gasteiger partial charge in [-0.15, -0.1) is 0 Å². The van der Waals surface area contributed by atoms with Crippen molar-refractivity contribution in [2.75, 3.05) is 13.7 Å². The molecule has 0 bridgehead atoms. The first-order valence-corrected chi connectivity index (χ1v) is 8.53. The van der Waals surface area contributed by atoms with Gasteiger partial charge >= 0.3 is 0 Å². The van der Waals surface area contributed by atoms with Crippen molar-refractivity contribution in [3.8, 4) is 5.75 Å². The molecule has 22 heavy (non-hydrogen) atoms. The molecule has 1 aromatic carbocycles. The molecule has 0 aliphatic carbocycles. The van der Waals surface area contributed by atoms with Gasteiger partial charge in [-0.2, -0.15) is 0 Å². The van der Waals surface area contributed by atoms with E-state index >= 15 is 0 Å². The summed E-state index contributed by atoms with van der Waals surface area (Å²) in [5.74, 6) is 0.748. The van der Waals surface area contributed by atoms with E-state index in [4.69, 9.17) is 16.3 Å². The van der Waals surface area contributed by atoms with Crippen LogP contribution >= 0.6 is 11.6 Å². The Morgan fingerprint density at radius 3 is 2.68 bits per heavy atom. The number of hydrogen-bond acceptors (Lipinski definition) is 4. The van der Waals surface area contributed by atoms with Crippen LogP contribution in [0.3, 0.4) is 0 Å². The Bertz CT molecular complexity index is 746. The zero-order valence-electron chi connectivity index (χ0n) is 12.3. The minimum absolute atomic E-state index is 0.0908. The van der Waals surface area contributed by atoms with Crippen molar-refractivity contribution in [1.29, 1.82) is 0 Å². The molecule has 0 spiro atoms. The van der Waals surface area contributed by atoms with Gasteiger partial charge in [0.1, 0.15) is 15.8 Å². The molecule has 0 atom stereocenters. The maximum atomic E-state index is 12.1. The number of halogens is 1. The molecular formula is C15H17ClN2O3S. The third kappa shape index (κ3) is 4.19. The van der Waals surface area contributed by atoms with Crippen molar-refractivity contribution < 1.29 is 13.2 Å². The molecule has 0 radical (unpaired) electrons. The minimum Gasteiger partial charge on any atom is -0.496 e. The third-order valence-electron chi connectivity index (χ3n) is 3.13. The number of methoxy groups -OCH3 is 1. The number of benzene rings is 1. The highest BCUT2D eigenvalue weighted by Crippen LogP contribution is 2.20. The minimum atomic E-state index is -3.59. The van der Waals surface area contributed by atoms with Gasteiger partial charge in [0, 0.05) is 12.7 Å². The van der Waals surface area contributed by atoms with Gasteiger partial charge in [0.2, 0.25) is 10.0 Å². The Labute approximate surface area is 135 Å². The topological polar surface area (TPSA) is 68.3 Å². The van der Waals surface area contributed by atoms with E-state index in [0.717, 1.165) is 16.9 Å². The lowest BCUT2D eigenvalue weighted by Gasteiger charge is -2.10. The van der Waals surface area contributed by atoms with Crippen LogP contribution < -0.4 is 9.46 Å². The summed E-state index contributed by atoms with van der Waals surface area (Å²) in [5.41, 5.74) is 2.06. The molecule has 2 rings (SSSR count). The molecule has 5 nitrogen and oxygen atoms in total. The van der Waals surface area contributed by atoms with Gasteiger partial charge in [-0.3, -0.25) is 0 Å². The third-order valence-corrected chi connectivity index (χ3v) is 4.80. The summed E-state index contributed by atoms with van der Waals surface area (Å²) < 4.78 is 32.1. The maximum Gasteiger partial charge on any atom is 0.242 e. The van der Waals surface area contributed by atoms with Crippen molar-refractivity contribution in [3.05, 3.63) is 52.8 Å². The lowest BCUT2D eigenvalue weighted by molar-refractivity contribution is 0.409. The number of hydrogen-bond donors (Lipinski definition) is 1. The molecule has 2 aromatic rings. The summed E-state index contributed by atoms with van der Waals surface area (Å²) in [5, 5.41) is 0.253. The van der Waals surface area contributed by atoms with E-state index in [9.17, 15) is 8.42 Å². The number of pyridine rings is 1. The summed E-state index contributed by atoms with van der Waals surface area (Å²) in [6.07, 6.45) is 1.77. The maximum absolute atomic E-state index is 12.1. The van der Waals surface area contributed by atoms with Gasteiger partial charge in [-0.05, 0) is 37.1 Å². The Hall–Kier alpha value is -1.63. The molecule has 0 fully saturated rings. The van der Waals surface area contributed by atoms with Crippen molar-refractivity contribution in [1.82, 2.24) is 9.71 Å². The number of aryl methyl sites for hydroxylation is 1. The molecule has 118 valence electrons. The fraction of sp³-hybridized carbons (Fsp3) is 0.267. The standard InChI is InChI=1S/C15H17ClN2O3S/c1-11-3-5-14(21-2)12(9-11)7-8-18-22(19,20)13-4-6-15(16)17-10-13/h3-6,9-10,18H,7-8H2,1-2H3. The molecule has 0 saturated heterocycles. The Morgan fingerprint density at radius 1 is 1.27 bits per heavy atom. The van der Waals surface area contributed by atoms with E-state index < -0.39 is 10.0 Å². The van der Waals surface area contributed by atoms with Gasteiger partial charge in [-0.25, -0.2) is 18.1 Å². The van der Waals surface area contributed by atoms with E-state index in [-0.39, 0.29) is 16.6 Å². The van der Waals surface area contributed by atoms with Crippen LogP contribution in [0, 0.1) is 6.92 Å². The van der Waals surface area contributed by atoms with Crippen LogP contribution in [0.4, 0.5) is 0 Å². The fourth-order valence-electron chi connectivity index (χ4n) is 2.03. The zero-order valence-corrected chi connectivity index (χ0v) is 13.9. The molecular weight excluding hydrogens is 324 g/mol. The average molecular weight is 341 g/mol. The molecule has 0 aliphatic rings. The summed E-state index contributed by atoms with van der Waals surface area (Å²) in [4.78, 5) is 3.87. The molecule has 7 heteroatoms. The van der Waals surface area contributed by atoms with Crippen molar-refractivity contribution in [3.63, 3.8) is 0 Å². The van der Waals surface area contributed by atoms with Crippen LogP contribution in [0.25, 0.3) is 0 Å². The summed E-state index contributed by atoms with van der Waals surface area (Å²) in [6.45, 7) is 2.25. The van der Waals surface area contributed by atoms with E-state index in [1.807, 2.05) is 25.1 Å². The molecule has 1 N–H and O–H groups in total. The summed E-state index contributed by atoms with van der Waals surface area (Å²) in [7, 11) is -1.99. The zero-order chi connectivity index (χ0) is 16.2. The van der Waals surface area contributed by atoms with Crippen molar-refractivity contribution in [2.45, 2.75) is 18.2 Å². The van der Waals surface area contributed by atoms with Crippen LogP contribution in [0.2, 0.25) is 5.15 Å². The summed E-state index contributed by atoms with van der Waals surface area (Å²) in [6, 6.07) is 8.68. The van der Waals surface area contributed by atoms with Crippen LogP contribution in [0.15, 0.2) is 41.4 Å². The van der Waals surface area contributed by atoms with E-state index in [1.54, 1.807) is 7.11 Å². The van der Waals surface area contributed by atoms with Crippen LogP contribution in [0.1, 0.15) is 11.1 Å². The number of nitrogens with zero attached hydrogens (tertiary/aromatic N) is 1. The average Bonchev–Trinajstić information content (AvgIpc) is 2.48. The fourth-order valence-corrected chi connectivity index (χ4v) is 3.12. The lowest BCUT2D eigenvalue weighted by Crippen LogP contribution is -2.26. The predicted molar refractivity (Wildman–Crippen MR) is 85.9 cm³/mol. The quantitative estimate of drug-likeness (QED) is 0.821. The van der Waals surface area contributed by atoms with Crippen LogP contribution in [-0.2, 0) is 16.4 Å². The largest absolute Gasteiger partial charge is 0.496 e. The second-order valence-corrected chi connectivity index (χ2v) is 6.93. The second kappa shape index (κ2) is 7.09. The van der Waals surface area contributed by atoms with Crippen molar-refractivity contribution >= 4 is 21.6 Å². The number of ether oxygens (including phenoxy) is 1. The highest BCUT2D eigenvalue weighted by molar-refractivity contribution is 7.89. The molecule has 0 saturated carbocycles. The molecule has 0 amide bonds. The smallest absolute Gasteiger partial charge is 0.242 e. The van der Waals surface area contributed by atoms with Gasteiger partial charge in [0.15, 0.2) is 0 Å². The highest BCUT2D eigenvalue weighted by atomic mass is 35.5. The second-order valence-electron chi connectivity index (χ2n) is 4.78. The van der Waals surface area contributed by atoms with Gasteiger partial charge in [-0.1, -0.05) is 29.3 Å². The molecule has 0 aliphatic heterocycles. The first-order valence-electron chi connectivity index (χ1n) is 6.67. The monoisotopic (exact) mass is 340 g/mol. The van der Waals surface area contributed by atoms with Crippen LogP contribution in [0.5, 0.6) is 5.75 Å². The lowest BCUT2D eigenvalue weighted by atomic mass is 10.1. The van der Waals surface area contributed by atoms with Gasteiger partial charge in [0.05, 0.1) is 7.11 Å². The first kappa shape index (κ1) is 16.7. The van der Waals surface area contributed by atoms with E-state index in [2.05, 4.69) is 9.71 Å². The first-order chi connectivity index (χ1) is 10.4. The normalized spacial score (nSPS) is 11.4. The molecule has 1 aromatic heterocycles. The molecule has 1 heterocycles. The van der Waals surface area contributed by atoms with E-state index in [0.29, 0.717) is 6.42 Å². The number of aromatic nitrogens is 1. The highest BCUT2D eigenvalue weighted by Gasteiger charge is 2.14. The number of sulfonamides is 1. The Morgan fingerprint density at radius 2 is 2.05 bits per heavy atom. The summed E-state index contributed by atoms with van der Waals surface area (Å²) >= 11 is 5.65. The number of nitrogens with one attached hydrogen (secondary N) is 1. The Kier molecular flexibility index (Phi) is 5.39. The van der Waals surface area contributed by atoms with E-state index in [1.165, 1.54) is 18.3 Å². The van der Waals surface area contributed by atoms with Gasteiger partial charge in [0.25, 0.3) is 0 Å². The molecule has 0 unspecified atom stereocenters. The van der Waals surface area contributed by atoms with Crippen molar-refractivity contribution in [2.24, 2.45) is 0 Å².